The molecule has 0 spiro atoms. The quantitative estimate of drug-likeness (QED) is 0.627. The predicted molar refractivity (Wildman–Crippen MR) is 56.6 cm³/mol. The summed E-state index contributed by atoms with van der Waals surface area (Å²) in [6.45, 7) is 3.71. The van der Waals surface area contributed by atoms with Crippen LogP contribution in [0.2, 0.25) is 0 Å². The fraction of sp³-hybridized carbons (Fsp3) is 0.111. The Labute approximate surface area is 93.6 Å². The summed E-state index contributed by atoms with van der Waals surface area (Å²) >= 11 is 3.07. The Morgan fingerprint density at radius 3 is 2.80 bits per heavy atom. The molecule has 0 radical (unpaired) electrons. The number of hydrogen-bond donors (Lipinski definition) is 0. The maximum atomic E-state index is 13.1. The van der Waals surface area contributed by atoms with Gasteiger partial charge in [0.1, 0.15) is 12.4 Å². The molecule has 1 aromatic carbocycles. The minimum Gasteiger partial charge on any atom is -0.488 e. The van der Waals surface area contributed by atoms with E-state index in [1.807, 2.05) is 0 Å². The third-order valence-electron chi connectivity index (χ3n) is 1.51. The van der Waals surface area contributed by atoms with Gasteiger partial charge < -0.3 is 4.74 Å². The Balaban J connectivity index is 2.82. The summed E-state index contributed by atoms with van der Waals surface area (Å²) in [7, 11) is 0. The Hall–Kier alpha value is -1.43. The number of ether oxygens (including phenoxy) is 1. The SMILES string of the molecule is C=C(Br)COc1ccc([N+](=O)[O-])c(F)c1. The normalized spacial score (nSPS) is 9.73. The zero-order chi connectivity index (χ0) is 11.4. The van der Waals surface area contributed by atoms with E-state index in [-0.39, 0.29) is 12.4 Å². The van der Waals surface area contributed by atoms with Crippen molar-refractivity contribution in [2.45, 2.75) is 0 Å². The van der Waals surface area contributed by atoms with Gasteiger partial charge in [-0.15, -0.1) is 0 Å². The molecule has 0 aromatic heterocycles. The Kier molecular flexibility index (Phi) is 3.79. The highest BCUT2D eigenvalue weighted by molar-refractivity contribution is 9.11. The number of rotatable bonds is 4. The van der Waals surface area contributed by atoms with Crippen LogP contribution in [0.1, 0.15) is 0 Å². The predicted octanol–water partition coefficient (Wildman–Crippen LogP) is 3.02. The molecule has 1 rings (SSSR count). The molecule has 15 heavy (non-hydrogen) atoms. The minimum absolute atomic E-state index is 0.178. The number of nitrogens with zero attached hydrogens (tertiary/aromatic N) is 1. The summed E-state index contributed by atoms with van der Waals surface area (Å²) in [5.74, 6) is -0.698. The molecule has 4 nitrogen and oxygen atoms in total. The van der Waals surface area contributed by atoms with Crippen molar-refractivity contribution in [3.63, 3.8) is 0 Å². The van der Waals surface area contributed by atoms with E-state index in [0.29, 0.717) is 4.48 Å². The van der Waals surface area contributed by atoms with Gasteiger partial charge in [-0.3, -0.25) is 10.1 Å². The van der Waals surface area contributed by atoms with E-state index in [1.165, 1.54) is 6.07 Å². The van der Waals surface area contributed by atoms with Crippen LogP contribution < -0.4 is 4.74 Å². The summed E-state index contributed by atoms with van der Waals surface area (Å²) in [5.41, 5.74) is -0.569. The van der Waals surface area contributed by atoms with Crippen molar-refractivity contribution in [2.75, 3.05) is 6.61 Å². The van der Waals surface area contributed by atoms with Crippen LogP contribution >= 0.6 is 15.9 Å². The standard InChI is InChI=1S/C9H7BrFNO3/c1-6(10)5-15-7-2-3-9(12(13)14)8(11)4-7/h2-4H,1,5H2. The second kappa shape index (κ2) is 4.88. The van der Waals surface area contributed by atoms with Crippen molar-refractivity contribution in [1.82, 2.24) is 0 Å². The van der Waals surface area contributed by atoms with E-state index < -0.39 is 16.4 Å². The number of benzene rings is 1. The molecule has 0 aliphatic carbocycles. The van der Waals surface area contributed by atoms with Crippen LogP contribution in [0.25, 0.3) is 0 Å². The lowest BCUT2D eigenvalue weighted by atomic mass is 10.3. The van der Waals surface area contributed by atoms with Crippen molar-refractivity contribution < 1.29 is 14.1 Å². The summed E-state index contributed by atoms with van der Waals surface area (Å²) in [6.07, 6.45) is 0. The van der Waals surface area contributed by atoms with Crippen molar-refractivity contribution in [3.8, 4) is 5.75 Å². The molecule has 0 atom stereocenters. The van der Waals surface area contributed by atoms with E-state index >= 15 is 0 Å². The maximum Gasteiger partial charge on any atom is 0.305 e. The fourth-order valence-corrected chi connectivity index (χ4v) is 1.00. The van der Waals surface area contributed by atoms with Crippen molar-refractivity contribution in [1.29, 1.82) is 0 Å². The first-order valence-corrected chi connectivity index (χ1v) is 4.70. The average Bonchev–Trinajstić information content (AvgIpc) is 2.14. The molecule has 0 N–H and O–H groups in total. The lowest BCUT2D eigenvalue weighted by Crippen LogP contribution is -1.98. The fourth-order valence-electron chi connectivity index (χ4n) is 0.887. The van der Waals surface area contributed by atoms with Gasteiger partial charge in [-0.05, 0) is 6.07 Å². The summed E-state index contributed by atoms with van der Waals surface area (Å²) in [6, 6.07) is 3.35. The Morgan fingerprint density at radius 2 is 2.33 bits per heavy atom. The zero-order valence-corrected chi connectivity index (χ0v) is 9.16. The van der Waals surface area contributed by atoms with Crippen molar-refractivity contribution >= 4 is 21.6 Å². The van der Waals surface area contributed by atoms with Crippen molar-refractivity contribution in [2.24, 2.45) is 0 Å². The molecular formula is C9H7BrFNO3. The molecule has 6 heteroatoms. The lowest BCUT2D eigenvalue weighted by Gasteiger charge is -2.04. The van der Waals surface area contributed by atoms with Crippen LogP contribution in [0.3, 0.4) is 0 Å². The molecule has 80 valence electrons. The van der Waals surface area contributed by atoms with Crippen molar-refractivity contribution in [3.05, 3.63) is 45.2 Å². The highest BCUT2D eigenvalue weighted by Crippen LogP contribution is 2.22. The highest BCUT2D eigenvalue weighted by atomic mass is 79.9. The van der Waals surface area contributed by atoms with E-state index in [9.17, 15) is 14.5 Å². The van der Waals surface area contributed by atoms with Crippen LogP contribution in [-0.2, 0) is 0 Å². The maximum absolute atomic E-state index is 13.1. The molecule has 0 saturated carbocycles. The van der Waals surface area contributed by atoms with Crippen LogP contribution in [0.5, 0.6) is 5.75 Å². The highest BCUT2D eigenvalue weighted by Gasteiger charge is 2.13. The number of nitro benzene ring substituents is 1. The van der Waals surface area contributed by atoms with E-state index in [1.54, 1.807) is 0 Å². The van der Waals surface area contributed by atoms with E-state index in [0.717, 1.165) is 12.1 Å². The largest absolute Gasteiger partial charge is 0.488 e. The molecule has 0 aliphatic rings. The zero-order valence-electron chi connectivity index (χ0n) is 7.57. The lowest BCUT2D eigenvalue weighted by molar-refractivity contribution is -0.387. The number of nitro groups is 1. The third kappa shape index (κ3) is 3.32. The van der Waals surface area contributed by atoms with Gasteiger partial charge in [0.2, 0.25) is 5.82 Å². The minimum atomic E-state index is -0.919. The van der Waals surface area contributed by atoms with Crippen LogP contribution in [-0.4, -0.2) is 11.5 Å². The Morgan fingerprint density at radius 1 is 1.67 bits per heavy atom. The number of halogens is 2. The molecule has 0 aliphatic heterocycles. The van der Waals surface area contributed by atoms with Gasteiger partial charge in [-0.2, -0.15) is 4.39 Å². The first kappa shape index (κ1) is 11.6. The van der Waals surface area contributed by atoms with E-state index in [2.05, 4.69) is 22.5 Å². The van der Waals surface area contributed by atoms with Gasteiger partial charge in [-0.1, -0.05) is 22.5 Å². The summed E-state index contributed by atoms with van der Waals surface area (Å²) in [5, 5.41) is 10.3. The van der Waals surface area contributed by atoms with Gasteiger partial charge in [0.15, 0.2) is 0 Å². The molecule has 0 bridgehead atoms. The number of hydrogen-bond acceptors (Lipinski definition) is 3. The molecule has 0 unspecified atom stereocenters. The molecule has 0 fully saturated rings. The third-order valence-corrected chi connectivity index (χ3v) is 1.74. The van der Waals surface area contributed by atoms with Crippen LogP contribution in [0.15, 0.2) is 29.3 Å². The van der Waals surface area contributed by atoms with Gasteiger partial charge in [0.05, 0.1) is 4.92 Å². The van der Waals surface area contributed by atoms with Crippen LogP contribution in [0, 0.1) is 15.9 Å². The molecule has 0 heterocycles. The summed E-state index contributed by atoms with van der Waals surface area (Å²) < 4.78 is 18.7. The van der Waals surface area contributed by atoms with Gasteiger partial charge in [-0.25, -0.2) is 0 Å². The van der Waals surface area contributed by atoms with E-state index in [4.69, 9.17) is 4.74 Å². The van der Waals surface area contributed by atoms with Gasteiger partial charge >= 0.3 is 5.69 Å². The molecular weight excluding hydrogens is 269 g/mol. The first-order chi connectivity index (χ1) is 7.00. The monoisotopic (exact) mass is 275 g/mol. The second-order valence-corrected chi connectivity index (χ2v) is 3.80. The smallest absolute Gasteiger partial charge is 0.305 e. The molecule has 0 amide bonds. The van der Waals surface area contributed by atoms with Crippen LogP contribution in [0.4, 0.5) is 10.1 Å². The molecule has 1 aromatic rings. The molecule has 0 saturated heterocycles. The Bertz CT molecular complexity index is 408. The van der Waals surface area contributed by atoms with Gasteiger partial charge in [0, 0.05) is 16.6 Å². The summed E-state index contributed by atoms with van der Waals surface area (Å²) in [4.78, 5) is 9.51. The average molecular weight is 276 g/mol. The first-order valence-electron chi connectivity index (χ1n) is 3.90. The van der Waals surface area contributed by atoms with Gasteiger partial charge in [0.25, 0.3) is 0 Å². The topological polar surface area (TPSA) is 52.4 Å². The second-order valence-electron chi connectivity index (χ2n) is 2.68.